The highest BCUT2D eigenvalue weighted by molar-refractivity contribution is 7.98. The average molecular weight is 360 g/mol. The number of carbonyl (C=O) groups excluding carboxylic acids is 1. The first-order chi connectivity index (χ1) is 10.6. The van der Waals surface area contributed by atoms with Crippen LogP contribution in [0.4, 0.5) is 4.79 Å². The Morgan fingerprint density at radius 2 is 1.83 bits per heavy atom. The van der Waals surface area contributed by atoms with Crippen LogP contribution in [0.5, 0.6) is 0 Å². The number of carbonyl (C=O) groups is 1. The van der Waals surface area contributed by atoms with Crippen molar-refractivity contribution in [3.05, 3.63) is 29.8 Å². The molecule has 23 heavy (non-hydrogen) atoms. The number of hydrogen-bond donors (Lipinski definition) is 1. The molecule has 130 valence electrons. The molecule has 1 amide bonds. The van der Waals surface area contributed by atoms with Crippen LogP contribution in [0.25, 0.3) is 0 Å². The van der Waals surface area contributed by atoms with Crippen LogP contribution in [0.2, 0.25) is 0 Å². The van der Waals surface area contributed by atoms with Crippen molar-refractivity contribution in [2.45, 2.75) is 43.4 Å². The van der Waals surface area contributed by atoms with Crippen molar-refractivity contribution in [2.75, 3.05) is 18.6 Å². The van der Waals surface area contributed by atoms with Gasteiger partial charge in [-0.2, -0.15) is 11.8 Å². The lowest BCUT2D eigenvalue weighted by Gasteiger charge is -2.19. The molecule has 1 aromatic rings. The number of sulfone groups is 1. The maximum Gasteiger partial charge on any atom is 0.407 e. The number of alkyl carbamates (subject to hydrolysis) is 1. The minimum absolute atomic E-state index is 0.341. The van der Waals surface area contributed by atoms with Gasteiger partial charge in [0.25, 0.3) is 0 Å². The van der Waals surface area contributed by atoms with Crippen molar-refractivity contribution < 1.29 is 17.9 Å². The quantitative estimate of drug-likeness (QED) is 0.757. The number of benzene rings is 1. The van der Waals surface area contributed by atoms with Gasteiger partial charge in [0.05, 0.1) is 4.90 Å². The summed E-state index contributed by atoms with van der Waals surface area (Å²) >= 11 is 1.74. The third kappa shape index (κ3) is 8.86. The summed E-state index contributed by atoms with van der Waals surface area (Å²) in [5.41, 5.74) is 0.610. The van der Waals surface area contributed by atoms with E-state index in [2.05, 4.69) is 5.32 Å². The van der Waals surface area contributed by atoms with E-state index in [0.717, 1.165) is 23.5 Å². The molecule has 5 nitrogen and oxygen atoms in total. The maximum absolute atomic E-state index is 11.4. The Hall–Kier alpha value is -1.21. The maximum atomic E-state index is 11.4. The van der Waals surface area contributed by atoms with Crippen LogP contribution in [0.15, 0.2) is 29.2 Å². The lowest BCUT2D eigenvalue weighted by atomic mass is 10.2. The van der Waals surface area contributed by atoms with Gasteiger partial charge in [-0.3, -0.25) is 0 Å². The Morgan fingerprint density at radius 3 is 2.35 bits per heavy atom. The number of thioether (sulfide) groups is 1. The molecule has 0 aliphatic carbocycles. The van der Waals surface area contributed by atoms with E-state index in [1.54, 1.807) is 23.9 Å². The Balaban J connectivity index is 2.19. The zero-order valence-corrected chi connectivity index (χ0v) is 15.7. The molecule has 0 unspecified atom stereocenters. The van der Waals surface area contributed by atoms with E-state index in [4.69, 9.17) is 4.74 Å². The standard InChI is InChI=1S/C16H25NO4S2/c1-16(2,3)21-15(18)17-10-5-11-22-12-13-6-8-14(9-7-13)23(4,19)20/h6-9H,5,10-12H2,1-4H3,(H,17,18). The fourth-order valence-electron chi connectivity index (χ4n) is 1.70. The van der Waals surface area contributed by atoms with Gasteiger partial charge in [-0.15, -0.1) is 0 Å². The molecule has 1 rings (SSSR count). The van der Waals surface area contributed by atoms with Crippen molar-refractivity contribution >= 4 is 27.7 Å². The van der Waals surface area contributed by atoms with E-state index >= 15 is 0 Å². The summed E-state index contributed by atoms with van der Waals surface area (Å²) in [5, 5.41) is 2.72. The normalized spacial score (nSPS) is 12.0. The third-order valence-corrected chi connectivity index (χ3v) is 5.00. The predicted molar refractivity (Wildman–Crippen MR) is 94.6 cm³/mol. The molecule has 0 radical (unpaired) electrons. The van der Waals surface area contributed by atoms with Gasteiger partial charge >= 0.3 is 6.09 Å². The monoisotopic (exact) mass is 359 g/mol. The van der Waals surface area contributed by atoms with Gasteiger partial charge in [0.15, 0.2) is 9.84 Å². The first-order valence-electron chi connectivity index (χ1n) is 7.41. The molecule has 0 aromatic heterocycles. The Kier molecular flexibility index (Phi) is 7.41. The highest BCUT2D eigenvalue weighted by Crippen LogP contribution is 2.16. The minimum Gasteiger partial charge on any atom is -0.444 e. The van der Waals surface area contributed by atoms with Crippen LogP contribution < -0.4 is 5.32 Å². The van der Waals surface area contributed by atoms with Crippen LogP contribution in [0.1, 0.15) is 32.8 Å². The van der Waals surface area contributed by atoms with Crippen molar-refractivity contribution in [1.29, 1.82) is 0 Å². The molecular formula is C16H25NO4S2. The Labute approximate surface area is 143 Å². The van der Waals surface area contributed by atoms with Gasteiger partial charge in [-0.1, -0.05) is 12.1 Å². The molecule has 0 aliphatic rings. The van der Waals surface area contributed by atoms with E-state index in [1.165, 1.54) is 6.26 Å². The predicted octanol–water partition coefficient (Wildman–Crippen LogP) is 3.24. The first kappa shape index (κ1) is 19.8. The number of nitrogens with one attached hydrogen (secondary N) is 1. The fraction of sp³-hybridized carbons (Fsp3) is 0.562. The third-order valence-electron chi connectivity index (χ3n) is 2.75. The summed E-state index contributed by atoms with van der Waals surface area (Å²) in [5.74, 6) is 1.72. The van der Waals surface area contributed by atoms with Crippen LogP contribution in [-0.2, 0) is 20.3 Å². The number of rotatable bonds is 7. The molecule has 1 aromatic carbocycles. The second-order valence-electron chi connectivity index (χ2n) is 6.25. The van der Waals surface area contributed by atoms with Gasteiger partial charge in [0.1, 0.15) is 5.60 Å². The second kappa shape index (κ2) is 8.59. The molecule has 7 heteroatoms. The summed E-state index contributed by atoms with van der Waals surface area (Å²) in [6.45, 7) is 6.07. The number of hydrogen-bond acceptors (Lipinski definition) is 5. The fourth-order valence-corrected chi connectivity index (χ4v) is 3.25. The Bertz CT molecular complexity index is 604. The molecule has 0 aliphatic heterocycles. The molecule has 0 atom stereocenters. The van der Waals surface area contributed by atoms with E-state index in [0.29, 0.717) is 11.4 Å². The molecule has 0 saturated carbocycles. The summed E-state index contributed by atoms with van der Waals surface area (Å²) < 4.78 is 27.9. The van der Waals surface area contributed by atoms with E-state index < -0.39 is 15.4 Å². The first-order valence-corrected chi connectivity index (χ1v) is 10.5. The van der Waals surface area contributed by atoms with Gasteiger partial charge < -0.3 is 10.1 Å². The molecule has 1 N–H and O–H groups in total. The van der Waals surface area contributed by atoms with E-state index in [9.17, 15) is 13.2 Å². The van der Waals surface area contributed by atoms with Crippen LogP contribution in [0, 0.1) is 0 Å². The zero-order valence-electron chi connectivity index (χ0n) is 14.1. The van der Waals surface area contributed by atoms with Crippen LogP contribution in [-0.4, -0.2) is 38.7 Å². The van der Waals surface area contributed by atoms with Gasteiger partial charge in [0, 0.05) is 18.6 Å². The second-order valence-corrected chi connectivity index (χ2v) is 9.37. The minimum atomic E-state index is -3.13. The summed E-state index contributed by atoms with van der Waals surface area (Å²) in [6.07, 6.45) is 1.67. The summed E-state index contributed by atoms with van der Waals surface area (Å²) in [7, 11) is -3.13. The van der Waals surface area contributed by atoms with Gasteiger partial charge in [-0.25, -0.2) is 13.2 Å². The van der Waals surface area contributed by atoms with Gasteiger partial charge in [0.2, 0.25) is 0 Å². The Morgan fingerprint density at radius 1 is 1.22 bits per heavy atom. The average Bonchev–Trinajstić information content (AvgIpc) is 2.40. The van der Waals surface area contributed by atoms with Crippen LogP contribution in [0.3, 0.4) is 0 Å². The molecule has 0 fully saturated rings. The summed E-state index contributed by atoms with van der Waals surface area (Å²) in [4.78, 5) is 11.8. The lowest BCUT2D eigenvalue weighted by molar-refractivity contribution is 0.0528. The number of amides is 1. The molecule has 0 bridgehead atoms. The largest absolute Gasteiger partial charge is 0.444 e. The lowest BCUT2D eigenvalue weighted by Crippen LogP contribution is -2.33. The van der Waals surface area contributed by atoms with Crippen molar-refractivity contribution in [3.8, 4) is 0 Å². The topological polar surface area (TPSA) is 72.5 Å². The smallest absolute Gasteiger partial charge is 0.407 e. The highest BCUT2D eigenvalue weighted by atomic mass is 32.2. The SMILES string of the molecule is CC(C)(C)OC(=O)NCCCSCc1ccc(S(C)(=O)=O)cc1. The van der Waals surface area contributed by atoms with Gasteiger partial charge in [-0.05, 0) is 50.6 Å². The highest BCUT2D eigenvalue weighted by Gasteiger charge is 2.15. The summed E-state index contributed by atoms with van der Waals surface area (Å²) in [6, 6.07) is 6.94. The van der Waals surface area contributed by atoms with Crippen molar-refractivity contribution in [1.82, 2.24) is 5.32 Å². The number of ether oxygens (including phenoxy) is 1. The molecule has 0 heterocycles. The zero-order chi connectivity index (χ0) is 17.5. The van der Waals surface area contributed by atoms with E-state index in [-0.39, 0.29) is 6.09 Å². The van der Waals surface area contributed by atoms with E-state index in [1.807, 2.05) is 32.9 Å². The molecule has 0 spiro atoms. The van der Waals surface area contributed by atoms with Crippen molar-refractivity contribution in [2.24, 2.45) is 0 Å². The van der Waals surface area contributed by atoms with Crippen LogP contribution >= 0.6 is 11.8 Å². The van der Waals surface area contributed by atoms with Crippen molar-refractivity contribution in [3.63, 3.8) is 0 Å². The molecule has 0 saturated heterocycles. The molecular weight excluding hydrogens is 334 g/mol.